The lowest BCUT2D eigenvalue weighted by Gasteiger charge is -2.40. The Hall–Kier alpha value is -3.13. The van der Waals surface area contributed by atoms with Crippen LogP contribution < -0.4 is 23.7 Å². The van der Waals surface area contributed by atoms with Gasteiger partial charge in [-0.1, -0.05) is 6.42 Å². The van der Waals surface area contributed by atoms with Crippen molar-refractivity contribution >= 4 is 5.97 Å². The topological polar surface area (TPSA) is 86.7 Å². The number of hydrogen-bond acceptors (Lipinski definition) is 7. The van der Waals surface area contributed by atoms with E-state index in [0.29, 0.717) is 41.7 Å². The average molecular weight is 446 g/mol. The van der Waals surface area contributed by atoms with Crippen molar-refractivity contribution in [1.29, 1.82) is 0 Å². The molecule has 1 heterocycles. The zero-order chi connectivity index (χ0) is 23.3. The maximum atomic E-state index is 12.2. The highest BCUT2D eigenvalue weighted by Gasteiger charge is 2.37. The second-order valence-electron chi connectivity index (χ2n) is 7.56. The molecule has 2 unspecified atom stereocenters. The van der Waals surface area contributed by atoms with Gasteiger partial charge in [0.05, 0.1) is 41.6 Å². The van der Waals surface area contributed by atoms with E-state index < -0.39 is 18.1 Å². The fraction of sp³-hybridized carbons (Fsp3) is 0.458. The van der Waals surface area contributed by atoms with E-state index in [2.05, 4.69) is 0 Å². The fourth-order valence-corrected chi connectivity index (χ4v) is 4.39. The van der Waals surface area contributed by atoms with Crippen LogP contribution in [-0.2, 0) is 4.79 Å². The fourth-order valence-electron chi connectivity index (χ4n) is 4.39. The minimum atomic E-state index is -0.844. The van der Waals surface area contributed by atoms with Crippen molar-refractivity contribution < 1.29 is 33.6 Å². The molecule has 1 aliphatic heterocycles. The van der Waals surface area contributed by atoms with Crippen molar-refractivity contribution in [3.63, 3.8) is 0 Å². The Morgan fingerprint density at radius 2 is 1.56 bits per heavy atom. The first-order valence-electron chi connectivity index (χ1n) is 10.5. The van der Waals surface area contributed by atoms with Gasteiger partial charge >= 0.3 is 5.97 Å². The molecule has 0 bridgehead atoms. The molecule has 2 atom stereocenters. The predicted octanol–water partition coefficient (Wildman–Crippen LogP) is 3.76. The summed E-state index contributed by atoms with van der Waals surface area (Å²) in [6.45, 7) is 0.624. The minimum absolute atomic E-state index is 0.435. The zero-order valence-corrected chi connectivity index (χ0v) is 19.2. The van der Waals surface area contributed by atoms with Crippen molar-refractivity contribution in [3.05, 3.63) is 41.5 Å². The molecule has 8 heteroatoms. The van der Waals surface area contributed by atoms with Gasteiger partial charge in [0.2, 0.25) is 5.75 Å². The average Bonchev–Trinajstić information content (AvgIpc) is 2.83. The molecule has 0 radical (unpaired) electrons. The molecule has 32 heavy (non-hydrogen) atoms. The Morgan fingerprint density at radius 3 is 2.09 bits per heavy atom. The van der Waals surface area contributed by atoms with Crippen molar-refractivity contribution in [3.8, 4) is 28.7 Å². The summed E-state index contributed by atoms with van der Waals surface area (Å²) in [5.41, 5.74) is 1.61. The van der Waals surface area contributed by atoms with Gasteiger partial charge in [-0.15, -0.1) is 0 Å². The van der Waals surface area contributed by atoms with Crippen molar-refractivity contribution in [1.82, 2.24) is 4.90 Å². The highest BCUT2D eigenvalue weighted by Crippen LogP contribution is 2.45. The van der Waals surface area contributed by atoms with E-state index in [1.807, 2.05) is 35.2 Å². The maximum absolute atomic E-state index is 12.2. The highest BCUT2D eigenvalue weighted by molar-refractivity contribution is 5.74. The lowest BCUT2D eigenvalue weighted by molar-refractivity contribution is -0.145. The number of benzene rings is 2. The van der Waals surface area contributed by atoms with Crippen LogP contribution in [0.25, 0.3) is 0 Å². The Balaban J connectivity index is 2.28. The molecule has 3 rings (SSSR count). The third-order valence-electron chi connectivity index (χ3n) is 5.90. The van der Waals surface area contributed by atoms with E-state index >= 15 is 0 Å². The Bertz CT molecular complexity index is 921. The minimum Gasteiger partial charge on any atom is -0.497 e. The van der Waals surface area contributed by atoms with Gasteiger partial charge in [-0.2, -0.15) is 0 Å². The van der Waals surface area contributed by atoms with Gasteiger partial charge in [-0.3, -0.25) is 9.69 Å². The van der Waals surface area contributed by atoms with Gasteiger partial charge in [0, 0.05) is 5.56 Å². The van der Waals surface area contributed by atoms with Crippen LogP contribution in [0.1, 0.15) is 36.4 Å². The molecule has 2 aromatic carbocycles. The molecule has 0 amide bonds. The van der Waals surface area contributed by atoms with Crippen molar-refractivity contribution in [2.45, 2.75) is 31.3 Å². The van der Waals surface area contributed by atoms with Crippen LogP contribution in [0, 0.1) is 0 Å². The number of rotatable bonds is 9. The smallest absolute Gasteiger partial charge is 0.320 e. The van der Waals surface area contributed by atoms with E-state index in [9.17, 15) is 9.90 Å². The van der Waals surface area contributed by atoms with Gasteiger partial charge < -0.3 is 28.8 Å². The number of piperidine rings is 1. The lowest BCUT2D eigenvalue weighted by atomic mass is 9.90. The van der Waals surface area contributed by atoms with E-state index in [-0.39, 0.29) is 0 Å². The molecule has 1 N–H and O–H groups in total. The molecule has 0 saturated carbocycles. The molecule has 8 nitrogen and oxygen atoms in total. The summed E-state index contributed by atoms with van der Waals surface area (Å²) in [5.74, 6) is 1.92. The number of carboxylic acids is 1. The Labute approximate surface area is 188 Å². The normalized spacial score (nSPS) is 17.3. The maximum Gasteiger partial charge on any atom is 0.320 e. The van der Waals surface area contributed by atoms with Crippen LogP contribution in [0.4, 0.5) is 0 Å². The molecule has 0 spiro atoms. The van der Waals surface area contributed by atoms with Gasteiger partial charge in [0.25, 0.3) is 0 Å². The van der Waals surface area contributed by atoms with E-state index in [4.69, 9.17) is 23.7 Å². The molecule has 1 aliphatic rings. The van der Waals surface area contributed by atoms with E-state index in [1.54, 1.807) is 35.5 Å². The third kappa shape index (κ3) is 4.55. The van der Waals surface area contributed by atoms with Crippen LogP contribution >= 0.6 is 0 Å². The summed E-state index contributed by atoms with van der Waals surface area (Å²) in [4.78, 5) is 14.2. The van der Waals surface area contributed by atoms with Crippen LogP contribution in [-0.4, -0.2) is 64.1 Å². The number of carboxylic acid groups (broad SMARTS) is 1. The van der Waals surface area contributed by atoms with Crippen LogP contribution in [0.2, 0.25) is 0 Å². The number of likely N-dealkylation sites (tertiary alicyclic amines) is 1. The molecule has 1 fully saturated rings. The second-order valence-corrected chi connectivity index (χ2v) is 7.56. The molecular formula is C24H31NO7. The van der Waals surface area contributed by atoms with Gasteiger partial charge in [-0.25, -0.2) is 0 Å². The van der Waals surface area contributed by atoms with Crippen molar-refractivity contribution in [2.75, 3.05) is 42.1 Å². The summed E-state index contributed by atoms with van der Waals surface area (Å²) in [6.07, 6.45) is 2.34. The number of ether oxygens (including phenoxy) is 5. The van der Waals surface area contributed by atoms with E-state index in [1.165, 1.54) is 0 Å². The van der Waals surface area contributed by atoms with Gasteiger partial charge in [0.1, 0.15) is 17.5 Å². The quantitative estimate of drug-likeness (QED) is 0.624. The number of hydrogen-bond donors (Lipinski definition) is 1. The molecule has 174 valence electrons. The molecular weight excluding hydrogens is 414 g/mol. The largest absolute Gasteiger partial charge is 0.497 e. The highest BCUT2D eigenvalue weighted by atomic mass is 16.5. The number of aliphatic carboxylic acids is 1. The van der Waals surface area contributed by atoms with Crippen LogP contribution in [0.3, 0.4) is 0 Å². The lowest BCUT2D eigenvalue weighted by Crippen LogP contribution is -2.47. The molecule has 1 saturated heterocycles. The number of methoxy groups -OCH3 is 5. The van der Waals surface area contributed by atoms with Crippen LogP contribution in [0.5, 0.6) is 28.7 Å². The predicted molar refractivity (Wildman–Crippen MR) is 119 cm³/mol. The standard InChI is InChI=1S/C24H31NO7/c1-28-16-9-10-19(29-2)17(14-16)22(25-11-7-6-8-18(25)24(26)27)15-12-20(30-3)23(32-5)21(13-15)31-4/h9-10,12-14,18,22H,6-8,11H2,1-5H3,(H,26,27). The van der Waals surface area contributed by atoms with Crippen molar-refractivity contribution in [2.24, 2.45) is 0 Å². The van der Waals surface area contributed by atoms with Gasteiger partial charge in [-0.05, 0) is 55.3 Å². The monoisotopic (exact) mass is 445 g/mol. The molecule has 0 aliphatic carbocycles. The molecule has 0 aromatic heterocycles. The Kier molecular flexibility index (Phi) is 7.69. The summed E-state index contributed by atoms with van der Waals surface area (Å²) >= 11 is 0. The number of nitrogens with zero attached hydrogens (tertiary/aromatic N) is 1. The summed E-state index contributed by atoms with van der Waals surface area (Å²) < 4.78 is 27.8. The second kappa shape index (κ2) is 10.5. The van der Waals surface area contributed by atoms with Crippen LogP contribution in [0.15, 0.2) is 30.3 Å². The van der Waals surface area contributed by atoms with Gasteiger partial charge in [0.15, 0.2) is 11.5 Å². The Morgan fingerprint density at radius 1 is 0.906 bits per heavy atom. The third-order valence-corrected chi connectivity index (χ3v) is 5.90. The first kappa shape index (κ1) is 23.5. The van der Waals surface area contributed by atoms with E-state index in [0.717, 1.165) is 24.0 Å². The number of carbonyl (C=O) groups is 1. The SMILES string of the molecule is COc1ccc(OC)c(C(c2cc(OC)c(OC)c(OC)c2)N2CCCCC2C(=O)O)c1. The first-order chi connectivity index (χ1) is 15.5. The molecule has 2 aromatic rings. The summed E-state index contributed by atoms with van der Waals surface area (Å²) in [5, 5.41) is 10.00. The first-order valence-corrected chi connectivity index (χ1v) is 10.5. The summed E-state index contributed by atoms with van der Waals surface area (Å²) in [7, 11) is 7.86. The summed E-state index contributed by atoms with van der Waals surface area (Å²) in [6, 6.07) is 8.19. The zero-order valence-electron chi connectivity index (χ0n) is 19.2.